The maximum Gasteiger partial charge on any atom is 0.252 e. The summed E-state index contributed by atoms with van der Waals surface area (Å²) in [6, 6.07) is -1.37. The lowest BCUT2D eigenvalue weighted by Crippen LogP contribution is -2.61. The van der Waals surface area contributed by atoms with Crippen molar-refractivity contribution in [2.24, 2.45) is 0 Å². The van der Waals surface area contributed by atoms with Crippen LogP contribution in [0.25, 0.3) is 0 Å². The van der Waals surface area contributed by atoms with Crippen molar-refractivity contribution in [3.8, 4) is 0 Å². The van der Waals surface area contributed by atoms with Crippen LogP contribution in [0.1, 0.15) is 232 Å². The van der Waals surface area contributed by atoms with Crippen molar-refractivity contribution in [1.29, 1.82) is 0 Å². The average molecular weight is 906 g/mol. The van der Waals surface area contributed by atoms with Crippen LogP contribution in [0.2, 0.25) is 0 Å². The van der Waals surface area contributed by atoms with Gasteiger partial charge in [-0.2, -0.15) is 0 Å². The Morgan fingerprint density at radius 2 is 0.825 bits per heavy atom. The van der Waals surface area contributed by atoms with Gasteiger partial charge in [0, 0.05) is 0 Å². The van der Waals surface area contributed by atoms with E-state index in [2.05, 4.69) is 19.2 Å². The fraction of sp³-hybridized carbons (Fsp3) is 0.980. The third kappa shape index (κ3) is 28.7. The van der Waals surface area contributed by atoms with Gasteiger partial charge >= 0.3 is 0 Å². The van der Waals surface area contributed by atoms with Crippen LogP contribution in [0, 0.1) is 0 Å². The fourth-order valence-corrected chi connectivity index (χ4v) is 8.68. The summed E-state index contributed by atoms with van der Waals surface area (Å²) in [5.41, 5.74) is 0. The highest BCUT2D eigenvalue weighted by molar-refractivity contribution is 5.81. The molecule has 63 heavy (non-hydrogen) atoms. The normalized spacial score (nSPS) is 22.1. The number of unbranched alkanes of at least 4 members (excludes halogenated alkanes) is 30. The van der Waals surface area contributed by atoms with Crippen molar-refractivity contribution < 1.29 is 60.2 Å². The van der Waals surface area contributed by atoms with Gasteiger partial charge in [0.1, 0.15) is 36.6 Å². The molecule has 11 atom stereocenters. The van der Waals surface area contributed by atoms with Crippen LogP contribution in [-0.4, -0.2) is 132 Å². The predicted octanol–water partition coefficient (Wildman–Crippen LogP) is 7.40. The maximum atomic E-state index is 13.2. The number of rotatable bonds is 44. The minimum atomic E-state index is -2.06. The fourth-order valence-electron chi connectivity index (χ4n) is 8.68. The van der Waals surface area contributed by atoms with E-state index in [-0.39, 0.29) is 12.8 Å². The highest BCUT2D eigenvalue weighted by Crippen LogP contribution is 2.23. The summed E-state index contributed by atoms with van der Waals surface area (Å²) < 4.78 is 11.0. The molecular formula is C50H99NO12. The second kappa shape index (κ2) is 40.1. The summed E-state index contributed by atoms with van der Waals surface area (Å²) in [6.07, 6.45) is 22.9. The quantitative estimate of drug-likeness (QED) is 0.0270. The highest BCUT2D eigenvalue weighted by Gasteiger charge is 2.45. The van der Waals surface area contributed by atoms with Crippen LogP contribution in [0.3, 0.4) is 0 Å². The van der Waals surface area contributed by atoms with Crippen LogP contribution in [0.15, 0.2) is 0 Å². The molecular weight excluding hydrogens is 807 g/mol. The zero-order valence-corrected chi connectivity index (χ0v) is 40.1. The molecule has 376 valence electrons. The first-order valence-electron chi connectivity index (χ1n) is 26.1. The number of ether oxygens (including phenoxy) is 2. The molecule has 0 aromatic heterocycles. The monoisotopic (exact) mass is 906 g/mol. The SMILES string of the molecule is CCCCCCCCCCCCCCCCCCCCCC[C@@H](O)[C@@H](O)C(O)C(=O)N[C@H](CO[C@H]1O[C@H](CO)[C@H](O)[C@H](O)[C@H]1O)[C@H](O)[C@H](O)CCCCCCCCCCCCCC. The van der Waals surface area contributed by atoms with Gasteiger partial charge in [-0.05, 0) is 12.8 Å². The molecule has 1 heterocycles. The second-order valence-corrected chi connectivity index (χ2v) is 18.9. The van der Waals surface area contributed by atoms with Gasteiger partial charge in [0.2, 0.25) is 0 Å². The third-order valence-corrected chi connectivity index (χ3v) is 13.1. The molecule has 1 aliphatic heterocycles. The van der Waals surface area contributed by atoms with E-state index in [9.17, 15) is 50.8 Å². The van der Waals surface area contributed by atoms with Crippen molar-refractivity contribution in [2.45, 2.75) is 299 Å². The first-order chi connectivity index (χ1) is 30.5. The predicted molar refractivity (Wildman–Crippen MR) is 250 cm³/mol. The molecule has 0 saturated carbocycles. The molecule has 1 fully saturated rings. The average Bonchev–Trinajstić information content (AvgIpc) is 3.28. The molecule has 0 radical (unpaired) electrons. The molecule has 1 rings (SSSR count). The Morgan fingerprint density at radius 1 is 0.492 bits per heavy atom. The van der Waals surface area contributed by atoms with Crippen molar-refractivity contribution in [3.05, 3.63) is 0 Å². The standard InChI is InChI=1S/C50H99NO12/c1-3-5-7-9-11-13-15-17-18-19-20-21-22-23-24-26-28-30-32-34-36-41(54)44(56)47(59)49(61)51-39(38-62-50-48(60)46(58)45(57)42(37-52)63-50)43(55)40(53)35-33-31-29-27-25-16-14-12-10-8-6-4-2/h39-48,50,52-60H,3-38H2,1-2H3,(H,51,61)/t39-,40-,41-,42-,43+,44-,45+,46+,47?,48-,50+/m1/s1. The molecule has 10 N–H and O–H groups in total. The minimum absolute atomic E-state index is 0.189. The largest absolute Gasteiger partial charge is 0.394 e. The van der Waals surface area contributed by atoms with E-state index in [0.29, 0.717) is 12.8 Å². The van der Waals surface area contributed by atoms with Gasteiger partial charge in [0.15, 0.2) is 12.4 Å². The summed E-state index contributed by atoms with van der Waals surface area (Å²) >= 11 is 0. The topological polar surface area (TPSA) is 230 Å². The van der Waals surface area contributed by atoms with Gasteiger partial charge in [0.25, 0.3) is 5.91 Å². The van der Waals surface area contributed by atoms with Crippen molar-refractivity contribution >= 4 is 5.91 Å². The van der Waals surface area contributed by atoms with Crippen molar-refractivity contribution in [1.82, 2.24) is 5.32 Å². The minimum Gasteiger partial charge on any atom is -0.394 e. The summed E-state index contributed by atoms with van der Waals surface area (Å²) in [7, 11) is 0. The number of hydrogen-bond acceptors (Lipinski definition) is 12. The zero-order valence-electron chi connectivity index (χ0n) is 40.1. The van der Waals surface area contributed by atoms with Crippen LogP contribution in [-0.2, 0) is 14.3 Å². The smallest absolute Gasteiger partial charge is 0.252 e. The lowest BCUT2D eigenvalue weighted by molar-refractivity contribution is -0.303. The molecule has 0 bridgehead atoms. The molecule has 0 aromatic rings. The second-order valence-electron chi connectivity index (χ2n) is 18.9. The Kier molecular flexibility index (Phi) is 38.2. The first kappa shape index (κ1) is 60.0. The summed E-state index contributed by atoms with van der Waals surface area (Å²) in [5, 5.41) is 97.0. The van der Waals surface area contributed by atoms with E-state index >= 15 is 0 Å². The maximum absolute atomic E-state index is 13.2. The molecule has 1 unspecified atom stereocenters. The number of amides is 1. The summed E-state index contributed by atoms with van der Waals surface area (Å²) in [4.78, 5) is 13.2. The van der Waals surface area contributed by atoms with E-state index in [1.54, 1.807) is 0 Å². The van der Waals surface area contributed by atoms with Gasteiger partial charge in [-0.15, -0.1) is 0 Å². The van der Waals surface area contributed by atoms with E-state index in [1.165, 1.54) is 148 Å². The van der Waals surface area contributed by atoms with Crippen molar-refractivity contribution in [3.63, 3.8) is 0 Å². The van der Waals surface area contributed by atoms with E-state index in [1.807, 2.05) is 0 Å². The Hall–Kier alpha value is -0.970. The molecule has 0 spiro atoms. The Labute approximate surface area is 383 Å². The van der Waals surface area contributed by atoms with Crippen LogP contribution < -0.4 is 5.32 Å². The molecule has 13 heteroatoms. The van der Waals surface area contributed by atoms with Gasteiger partial charge in [-0.25, -0.2) is 0 Å². The first-order valence-corrected chi connectivity index (χ1v) is 26.1. The van der Waals surface area contributed by atoms with Crippen LogP contribution in [0.4, 0.5) is 0 Å². The summed E-state index contributed by atoms with van der Waals surface area (Å²) in [6.45, 7) is 3.22. The third-order valence-electron chi connectivity index (χ3n) is 13.1. The number of aliphatic hydroxyl groups is 9. The number of carbonyl (C=O) groups is 1. The molecule has 1 saturated heterocycles. The van der Waals surface area contributed by atoms with Crippen molar-refractivity contribution in [2.75, 3.05) is 13.2 Å². The van der Waals surface area contributed by atoms with Gasteiger partial charge < -0.3 is 60.7 Å². The molecule has 1 aliphatic rings. The van der Waals surface area contributed by atoms with Gasteiger partial charge in [-0.3, -0.25) is 4.79 Å². The highest BCUT2D eigenvalue weighted by atomic mass is 16.7. The van der Waals surface area contributed by atoms with Crippen LogP contribution >= 0.6 is 0 Å². The van der Waals surface area contributed by atoms with Crippen LogP contribution in [0.5, 0.6) is 0 Å². The summed E-state index contributed by atoms with van der Waals surface area (Å²) in [5.74, 6) is -1.11. The number of nitrogens with one attached hydrogen (secondary N) is 1. The number of aliphatic hydroxyl groups excluding tert-OH is 9. The van der Waals surface area contributed by atoms with Gasteiger partial charge in [0.05, 0.1) is 31.5 Å². The molecule has 0 aliphatic carbocycles. The van der Waals surface area contributed by atoms with Gasteiger partial charge in [-0.1, -0.05) is 219 Å². The van der Waals surface area contributed by atoms with E-state index < -0.39 is 86.4 Å². The Balaban J connectivity index is 2.44. The van der Waals surface area contributed by atoms with E-state index in [4.69, 9.17) is 9.47 Å². The van der Waals surface area contributed by atoms with E-state index in [0.717, 1.165) is 44.9 Å². The Bertz CT molecular complexity index is 1030. The number of hydrogen-bond donors (Lipinski definition) is 10. The Morgan fingerprint density at radius 3 is 1.17 bits per heavy atom. The molecule has 0 aromatic carbocycles. The lowest BCUT2D eigenvalue weighted by Gasteiger charge is -2.40. The zero-order chi connectivity index (χ0) is 46.5. The molecule has 13 nitrogen and oxygen atoms in total. The lowest BCUT2D eigenvalue weighted by atomic mass is 9.97. The number of carbonyl (C=O) groups excluding carboxylic acids is 1. The molecule has 1 amide bonds.